The molecule has 0 heterocycles. The van der Waals surface area contributed by atoms with Gasteiger partial charge in [0, 0.05) is 12.6 Å². The highest BCUT2D eigenvalue weighted by Crippen LogP contribution is 2.22. The number of ether oxygens (including phenoxy) is 1. The topological polar surface area (TPSA) is 49.8 Å². The fourth-order valence-electron chi connectivity index (χ4n) is 1.80. The van der Waals surface area contributed by atoms with E-state index in [1.807, 2.05) is 13.8 Å². The first-order valence-corrected chi connectivity index (χ1v) is 6.20. The Morgan fingerprint density at radius 2 is 2.05 bits per heavy atom. The van der Waals surface area contributed by atoms with Crippen LogP contribution in [0.3, 0.4) is 0 Å². The first kappa shape index (κ1) is 15.4. The van der Waals surface area contributed by atoms with Crippen LogP contribution in [-0.2, 0) is 0 Å². The minimum absolute atomic E-state index is 0.0339. The maximum atomic E-state index is 14.0. The molecule has 106 valence electrons. The van der Waals surface area contributed by atoms with Gasteiger partial charge in [-0.3, -0.25) is 4.79 Å². The molecule has 0 spiro atoms. The van der Waals surface area contributed by atoms with Crippen molar-refractivity contribution in [2.24, 2.45) is 0 Å². The highest BCUT2D eigenvalue weighted by molar-refractivity contribution is 5.95. The zero-order chi connectivity index (χ0) is 14.6. The van der Waals surface area contributed by atoms with E-state index in [2.05, 4.69) is 0 Å². The van der Waals surface area contributed by atoms with Gasteiger partial charge in [-0.2, -0.15) is 0 Å². The summed E-state index contributed by atoms with van der Waals surface area (Å²) >= 11 is 0. The molecule has 0 aliphatic rings. The molecule has 0 bridgehead atoms. The highest BCUT2D eigenvalue weighted by Gasteiger charge is 2.24. The molecule has 1 atom stereocenters. The van der Waals surface area contributed by atoms with Gasteiger partial charge in [0.1, 0.15) is 0 Å². The largest absolute Gasteiger partial charge is 0.494 e. The number of aliphatic hydroxyl groups excluding tert-OH is 1. The predicted octanol–water partition coefficient (Wildman–Crippen LogP) is 2.07. The molecule has 0 radical (unpaired) electrons. The average Bonchev–Trinajstić information content (AvgIpc) is 2.35. The Labute approximate surface area is 112 Å². The molecule has 0 aliphatic heterocycles. The van der Waals surface area contributed by atoms with E-state index in [9.17, 15) is 14.3 Å². The van der Waals surface area contributed by atoms with Gasteiger partial charge in [0.2, 0.25) is 0 Å². The molecule has 0 fully saturated rings. The summed E-state index contributed by atoms with van der Waals surface area (Å²) in [6, 6.07) is 4.31. The van der Waals surface area contributed by atoms with Crippen molar-refractivity contribution in [3.8, 4) is 5.75 Å². The summed E-state index contributed by atoms with van der Waals surface area (Å²) in [6.07, 6.45) is -0.667. The lowest BCUT2D eigenvalue weighted by atomic mass is 10.1. The Hall–Kier alpha value is -1.62. The van der Waals surface area contributed by atoms with Crippen LogP contribution in [-0.4, -0.2) is 41.7 Å². The molecule has 1 unspecified atom stereocenters. The van der Waals surface area contributed by atoms with Gasteiger partial charge in [0.25, 0.3) is 5.91 Å². The predicted molar refractivity (Wildman–Crippen MR) is 70.8 cm³/mol. The van der Waals surface area contributed by atoms with Crippen LogP contribution >= 0.6 is 0 Å². The molecule has 1 amide bonds. The number of aliphatic hydroxyl groups is 1. The second-order valence-corrected chi connectivity index (χ2v) is 4.72. The molecule has 1 N–H and O–H groups in total. The lowest BCUT2D eigenvalue weighted by Gasteiger charge is -2.28. The van der Waals surface area contributed by atoms with Crippen molar-refractivity contribution in [2.75, 3.05) is 13.7 Å². The van der Waals surface area contributed by atoms with Crippen LogP contribution in [0.25, 0.3) is 0 Å². The molecular formula is C14H20FNO3. The highest BCUT2D eigenvalue weighted by atomic mass is 19.1. The Bertz CT molecular complexity index is 446. The van der Waals surface area contributed by atoms with Gasteiger partial charge in [0.15, 0.2) is 11.6 Å². The van der Waals surface area contributed by atoms with Crippen LogP contribution in [0.15, 0.2) is 18.2 Å². The summed E-state index contributed by atoms with van der Waals surface area (Å²) in [7, 11) is 1.35. The normalized spacial score (nSPS) is 12.4. The number of methoxy groups -OCH3 is 1. The monoisotopic (exact) mass is 269 g/mol. The van der Waals surface area contributed by atoms with E-state index in [0.717, 1.165) is 0 Å². The van der Waals surface area contributed by atoms with Crippen LogP contribution in [0.4, 0.5) is 4.39 Å². The summed E-state index contributed by atoms with van der Waals surface area (Å²) in [5.74, 6) is -1.09. The summed E-state index contributed by atoms with van der Waals surface area (Å²) < 4.78 is 18.9. The van der Waals surface area contributed by atoms with Crippen molar-refractivity contribution in [1.82, 2.24) is 4.90 Å². The number of halogens is 1. The van der Waals surface area contributed by atoms with E-state index >= 15 is 0 Å². The van der Waals surface area contributed by atoms with E-state index in [4.69, 9.17) is 4.74 Å². The lowest BCUT2D eigenvalue weighted by Crippen LogP contribution is -2.41. The maximum Gasteiger partial charge on any atom is 0.257 e. The van der Waals surface area contributed by atoms with Gasteiger partial charge in [-0.1, -0.05) is 6.07 Å². The minimum Gasteiger partial charge on any atom is -0.494 e. The standard InChI is InChI=1S/C14H20FNO3/c1-9(2)16(8-10(3)17)14(18)11-6-5-7-12(19-4)13(11)15/h5-7,9-10,17H,8H2,1-4H3. The first-order chi connectivity index (χ1) is 8.88. The molecule has 0 aliphatic carbocycles. The number of nitrogens with zero attached hydrogens (tertiary/aromatic N) is 1. The van der Waals surface area contributed by atoms with Gasteiger partial charge < -0.3 is 14.7 Å². The van der Waals surface area contributed by atoms with Crippen LogP contribution in [0.2, 0.25) is 0 Å². The van der Waals surface area contributed by atoms with Crippen LogP contribution in [0.5, 0.6) is 5.75 Å². The Morgan fingerprint density at radius 3 is 2.53 bits per heavy atom. The second kappa shape index (κ2) is 6.52. The van der Waals surface area contributed by atoms with Gasteiger partial charge in [-0.15, -0.1) is 0 Å². The number of carbonyl (C=O) groups is 1. The lowest BCUT2D eigenvalue weighted by molar-refractivity contribution is 0.0573. The molecular weight excluding hydrogens is 249 g/mol. The van der Waals surface area contributed by atoms with Gasteiger partial charge in [-0.05, 0) is 32.9 Å². The van der Waals surface area contributed by atoms with Crippen LogP contribution in [0.1, 0.15) is 31.1 Å². The van der Waals surface area contributed by atoms with E-state index in [0.29, 0.717) is 0 Å². The number of hydrogen-bond acceptors (Lipinski definition) is 3. The van der Waals surface area contributed by atoms with Crippen molar-refractivity contribution in [2.45, 2.75) is 32.9 Å². The van der Waals surface area contributed by atoms with E-state index in [1.54, 1.807) is 13.0 Å². The molecule has 5 heteroatoms. The van der Waals surface area contributed by atoms with Gasteiger partial charge in [0.05, 0.1) is 18.8 Å². The quantitative estimate of drug-likeness (QED) is 0.890. The zero-order valence-corrected chi connectivity index (χ0v) is 11.7. The molecule has 0 saturated heterocycles. The summed E-state index contributed by atoms with van der Waals surface area (Å²) in [5.41, 5.74) is -0.0475. The fraction of sp³-hybridized carbons (Fsp3) is 0.500. The number of amides is 1. The van der Waals surface area contributed by atoms with E-state index < -0.39 is 17.8 Å². The van der Waals surface area contributed by atoms with E-state index in [-0.39, 0.29) is 23.9 Å². The number of benzene rings is 1. The second-order valence-electron chi connectivity index (χ2n) is 4.72. The Morgan fingerprint density at radius 1 is 1.42 bits per heavy atom. The maximum absolute atomic E-state index is 14.0. The number of carbonyl (C=O) groups excluding carboxylic acids is 1. The summed E-state index contributed by atoms with van der Waals surface area (Å²) in [6.45, 7) is 5.38. The van der Waals surface area contributed by atoms with E-state index in [1.165, 1.54) is 24.1 Å². The van der Waals surface area contributed by atoms with Gasteiger partial charge >= 0.3 is 0 Å². The Kier molecular flexibility index (Phi) is 5.30. The molecule has 1 rings (SSSR count). The first-order valence-electron chi connectivity index (χ1n) is 6.20. The summed E-state index contributed by atoms with van der Waals surface area (Å²) in [5, 5.41) is 9.43. The number of hydrogen-bond donors (Lipinski definition) is 1. The zero-order valence-electron chi connectivity index (χ0n) is 11.7. The Balaban J connectivity index is 3.09. The van der Waals surface area contributed by atoms with Crippen molar-refractivity contribution in [3.05, 3.63) is 29.6 Å². The van der Waals surface area contributed by atoms with Crippen molar-refractivity contribution in [3.63, 3.8) is 0 Å². The molecule has 0 saturated carbocycles. The molecule has 4 nitrogen and oxygen atoms in total. The van der Waals surface area contributed by atoms with Crippen molar-refractivity contribution in [1.29, 1.82) is 0 Å². The third-order valence-corrected chi connectivity index (χ3v) is 2.76. The van der Waals surface area contributed by atoms with Crippen molar-refractivity contribution >= 4 is 5.91 Å². The van der Waals surface area contributed by atoms with Crippen LogP contribution in [0, 0.1) is 5.82 Å². The third kappa shape index (κ3) is 3.67. The van der Waals surface area contributed by atoms with Crippen molar-refractivity contribution < 1.29 is 19.0 Å². The SMILES string of the molecule is COc1cccc(C(=O)N(CC(C)O)C(C)C)c1F. The average molecular weight is 269 g/mol. The molecule has 0 aromatic heterocycles. The number of rotatable bonds is 5. The summed E-state index contributed by atoms with van der Waals surface area (Å²) in [4.78, 5) is 13.8. The molecule has 1 aromatic rings. The third-order valence-electron chi connectivity index (χ3n) is 2.76. The molecule has 19 heavy (non-hydrogen) atoms. The fourth-order valence-corrected chi connectivity index (χ4v) is 1.80. The molecule has 1 aromatic carbocycles. The minimum atomic E-state index is -0.675. The smallest absolute Gasteiger partial charge is 0.257 e. The van der Waals surface area contributed by atoms with Gasteiger partial charge in [-0.25, -0.2) is 4.39 Å². The van der Waals surface area contributed by atoms with Crippen LogP contribution < -0.4 is 4.74 Å².